The molecule has 0 aromatic rings. The first-order valence-corrected chi connectivity index (χ1v) is 7.86. The van der Waals surface area contributed by atoms with E-state index in [4.69, 9.17) is 0 Å². The van der Waals surface area contributed by atoms with Crippen LogP contribution in [0.25, 0.3) is 0 Å². The molecule has 3 atom stereocenters. The van der Waals surface area contributed by atoms with Gasteiger partial charge in [0.2, 0.25) is 0 Å². The molecule has 2 rings (SSSR count). The number of hydrogen-bond donors (Lipinski definition) is 0. The van der Waals surface area contributed by atoms with Crippen molar-refractivity contribution in [3.05, 3.63) is 0 Å². The van der Waals surface area contributed by atoms with Crippen LogP contribution in [0.1, 0.15) is 58.8 Å². The Hall–Kier alpha value is -0.550. The van der Waals surface area contributed by atoms with E-state index in [-0.39, 0.29) is 0 Å². The molecule has 1 saturated carbocycles. The molecule has 2 aliphatic rings. The maximum Gasteiger partial charge on any atom is 0.0672 e. The highest BCUT2D eigenvalue weighted by atomic mass is 15.2. The fourth-order valence-electron chi connectivity index (χ4n) is 3.84. The van der Waals surface area contributed by atoms with Crippen molar-refractivity contribution in [2.24, 2.45) is 17.8 Å². The Morgan fingerprint density at radius 3 is 2.50 bits per heavy atom. The quantitative estimate of drug-likeness (QED) is 0.742. The lowest BCUT2D eigenvalue weighted by atomic mass is 9.84. The van der Waals surface area contributed by atoms with Gasteiger partial charge >= 0.3 is 0 Å². The standard InChI is InChI=1S/C16H28N2/c1-13(2)14-7-5-10-18(11-9-14)16-8-4-3-6-15(16)12-17/h13-16H,3-11H2,1-2H3. The van der Waals surface area contributed by atoms with Crippen molar-refractivity contribution >= 4 is 0 Å². The molecule has 0 N–H and O–H groups in total. The van der Waals surface area contributed by atoms with Gasteiger partial charge in [-0.25, -0.2) is 0 Å². The van der Waals surface area contributed by atoms with Gasteiger partial charge in [0.05, 0.1) is 12.0 Å². The van der Waals surface area contributed by atoms with Crippen LogP contribution in [-0.4, -0.2) is 24.0 Å². The van der Waals surface area contributed by atoms with Crippen molar-refractivity contribution < 1.29 is 0 Å². The molecule has 0 aromatic heterocycles. The minimum atomic E-state index is 0.300. The molecule has 1 aliphatic heterocycles. The van der Waals surface area contributed by atoms with E-state index in [9.17, 15) is 5.26 Å². The van der Waals surface area contributed by atoms with Gasteiger partial charge in [0.25, 0.3) is 0 Å². The largest absolute Gasteiger partial charge is 0.299 e. The molecule has 2 fully saturated rings. The normalized spacial score (nSPS) is 35.1. The number of likely N-dealkylation sites (tertiary alicyclic amines) is 1. The highest BCUT2D eigenvalue weighted by Crippen LogP contribution is 2.32. The minimum Gasteiger partial charge on any atom is -0.299 e. The second-order valence-electron chi connectivity index (χ2n) is 6.56. The van der Waals surface area contributed by atoms with Crippen molar-refractivity contribution in [3.8, 4) is 6.07 Å². The van der Waals surface area contributed by atoms with Gasteiger partial charge in [-0.05, 0) is 57.0 Å². The lowest BCUT2D eigenvalue weighted by Crippen LogP contribution is -2.42. The summed E-state index contributed by atoms with van der Waals surface area (Å²) in [4.78, 5) is 2.65. The summed E-state index contributed by atoms with van der Waals surface area (Å²) in [6, 6.07) is 3.13. The smallest absolute Gasteiger partial charge is 0.0672 e. The molecule has 2 heteroatoms. The first-order chi connectivity index (χ1) is 8.72. The Labute approximate surface area is 112 Å². The summed E-state index contributed by atoms with van der Waals surface area (Å²) >= 11 is 0. The summed E-state index contributed by atoms with van der Waals surface area (Å²) < 4.78 is 0. The fraction of sp³-hybridized carbons (Fsp3) is 0.938. The zero-order valence-corrected chi connectivity index (χ0v) is 12.1. The SMILES string of the molecule is CC(C)C1CCCN(C2CCCCC2C#N)CC1. The van der Waals surface area contributed by atoms with Crippen LogP contribution < -0.4 is 0 Å². The van der Waals surface area contributed by atoms with E-state index in [0.29, 0.717) is 12.0 Å². The lowest BCUT2D eigenvalue weighted by molar-refractivity contribution is 0.129. The van der Waals surface area contributed by atoms with Gasteiger partial charge in [-0.2, -0.15) is 5.26 Å². The first kappa shape index (κ1) is 13.9. The van der Waals surface area contributed by atoms with Gasteiger partial charge in [0.15, 0.2) is 0 Å². The maximum atomic E-state index is 9.33. The Bertz CT molecular complexity index is 292. The summed E-state index contributed by atoms with van der Waals surface area (Å²) in [6.07, 6.45) is 9.03. The molecule has 18 heavy (non-hydrogen) atoms. The van der Waals surface area contributed by atoms with Gasteiger partial charge in [0, 0.05) is 6.04 Å². The van der Waals surface area contributed by atoms with Gasteiger partial charge in [-0.15, -0.1) is 0 Å². The predicted molar refractivity (Wildman–Crippen MR) is 75.1 cm³/mol. The van der Waals surface area contributed by atoms with E-state index in [0.717, 1.165) is 18.3 Å². The van der Waals surface area contributed by atoms with Crippen LogP contribution in [0.4, 0.5) is 0 Å². The van der Waals surface area contributed by atoms with Gasteiger partial charge in [-0.3, -0.25) is 4.90 Å². The molecule has 0 spiro atoms. The van der Waals surface area contributed by atoms with Gasteiger partial charge in [0.1, 0.15) is 0 Å². The van der Waals surface area contributed by atoms with Crippen LogP contribution in [0.2, 0.25) is 0 Å². The molecule has 102 valence electrons. The van der Waals surface area contributed by atoms with Crippen molar-refractivity contribution in [2.75, 3.05) is 13.1 Å². The van der Waals surface area contributed by atoms with Crippen molar-refractivity contribution in [2.45, 2.75) is 64.8 Å². The van der Waals surface area contributed by atoms with Crippen LogP contribution in [-0.2, 0) is 0 Å². The molecule has 0 amide bonds. The molecule has 0 bridgehead atoms. The van der Waals surface area contributed by atoms with E-state index < -0.39 is 0 Å². The summed E-state index contributed by atoms with van der Waals surface area (Å²) in [5, 5.41) is 9.33. The number of rotatable bonds is 2. The molecule has 1 heterocycles. The number of hydrogen-bond acceptors (Lipinski definition) is 2. The zero-order valence-electron chi connectivity index (χ0n) is 12.1. The highest BCUT2D eigenvalue weighted by Gasteiger charge is 2.31. The van der Waals surface area contributed by atoms with Crippen LogP contribution in [0.15, 0.2) is 0 Å². The van der Waals surface area contributed by atoms with Crippen LogP contribution >= 0.6 is 0 Å². The van der Waals surface area contributed by atoms with Gasteiger partial charge < -0.3 is 0 Å². The Morgan fingerprint density at radius 2 is 1.78 bits per heavy atom. The summed E-state index contributed by atoms with van der Waals surface area (Å²) in [5.41, 5.74) is 0. The minimum absolute atomic E-state index is 0.300. The third-order valence-electron chi connectivity index (χ3n) is 5.11. The topological polar surface area (TPSA) is 27.0 Å². The zero-order chi connectivity index (χ0) is 13.0. The molecule has 0 radical (unpaired) electrons. The molecule has 3 unspecified atom stereocenters. The number of nitriles is 1. The van der Waals surface area contributed by atoms with E-state index in [2.05, 4.69) is 24.8 Å². The van der Waals surface area contributed by atoms with Gasteiger partial charge in [-0.1, -0.05) is 26.7 Å². The molecular formula is C16H28N2. The lowest BCUT2D eigenvalue weighted by Gasteiger charge is -2.36. The fourth-order valence-corrected chi connectivity index (χ4v) is 3.84. The van der Waals surface area contributed by atoms with E-state index >= 15 is 0 Å². The molecule has 2 nitrogen and oxygen atoms in total. The van der Waals surface area contributed by atoms with Crippen molar-refractivity contribution in [3.63, 3.8) is 0 Å². The predicted octanol–water partition coefficient (Wildman–Crippen LogP) is 3.83. The molecule has 1 aliphatic carbocycles. The Kier molecular flexibility index (Phi) is 5.06. The number of nitrogens with zero attached hydrogens (tertiary/aromatic N) is 2. The third kappa shape index (κ3) is 3.26. The molecule has 1 saturated heterocycles. The van der Waals surface area contributed by atoms with E-state index in [1.807, 2.05) is 0 Å². The Morgan fingerprint density at radius 1 is 1.00 bits per heavy atom. The van der Waals surface area contributed by atoms with Crippen LogP contribution in [0, 0.1) is 29.1 Å². The molecule has 0 aromatic carbocycles. The van der Waals surface area contributed by atoms with E-state index in [1.165, 1.54) is 51.6 Å². The second-order valence-corrected chi connectivity index (χ2v) is 6.56. The average Bonchev–Trinajstić information content (AvgIpc) is 2.64. The highest BCUT2D eigenvalue weighted by molar-refractivity contribution is 4.96. The first-order valence-electron chi connectivity index (χ1n) is 7.86. The van der Waals surface area contributed by atoms with Crippen molar-refractivity contribution in [1.29, 1.82) is 5.26 Å². The van der Waals surface area contributed by atoms with E-state index in [1.54, 1.807) is 0 Å². The Balaban J connectivity index is 1.94. The third-order valence-corrected chi connectivity index (χ3v) is 5.11. The summed E-state index contributed by atoms with van der Waals surface area (Å²) in [5.74, 6) is 2.02. The summed E-state index contributed by atoms with van der Waals surface area (Å²) in [6.45, 7) is 7.18. The molecular weight excluding hydrogens is 220 g/mol. The summed E-state index contributed by atoms with van der Waals surface area (Å²) in [7, 11) is 0. The maximum absolute atomic E-state index is 9.33. The average molecular weight is 248 g/mol. The van der Waals surface area contributed by atoms with Crippen LogP contribution in [0.5, 0.6) is 0 Å². The monoisotopic (exact) mass is 248 g/mol. The van der Waals surface area contributed by atoms with Crippen LogP contribution in [0.3, 0.4) is 0 Å². The second kappa shape index (κ2) is 6.57. The van der Waals surface area contributed by atoms with Crippen molar-refractivity contribution in [1.82, 2.24) is 4.90 Å².